The largest absolute Gasteiger partial charge is 0.384 e. The van der Waals surface area contributed by atoms with Gasteiger partial charge >= 0.3 is 0 Å². The van der Waals surface area contributed by atoms with Gasteiger partial charge in [0.2, 0.25) is 5.28 Å². The van der Waals surface area contributed by atoms with Crippen molar-refractivity contribution in [3.05, 3.63) is 17.0 Å². The van der Waals surface area contributed by atoms with Crippen molar-refractivity contribution in [3.8, 4) is 0 Å². The minimum absolute atomic E-state index is 0.0194. The Labute approximate surface area is 147 Å². The topological polar surface area (TPSA) is 81.6 Å². The molecule has 0 spiro atoms. The Morgan fingerprint density at radius 2 is 2.21 bits per heavy atom. The van der Waals surface area contributed by atoms with Gasteiger partial charge in [0.1, 0.15) is 10.6 Å². The number of rotatable bonds is 6. The van der Waals surface area contributed by atoms with Crippen LogP contribution in [0.15, 0.2) is 6.07 Å². The van der Waals surface area contributed by atoms with Crippen molar-refractivity contribution in [3.63, 3.8) is 0 Å². The third-order valence-corrected chi connectivity index (χ3v) is 7.35. The number of anilines is 1. The van der Waals surface area contributed by atoms with Crippen LogP contribution in [-0.2, 0) is 24.1 Å². The van der Waals surface area contributed by atoms with Crippen LogP contribution in [0.25, 0.3) is 0 Å². The molecule has 1 atom stereocenters. The number of hydrogen-bond acceptors (Lipinski definition) is 7. The van der Waals surface area contributed by atoms with Gasteiger partial charge in [-0.05, 0) is 31.4 Å². The first kappa shape index (κ1) is 17.8. The van der Waals surface area contributed by atoms with E-state index >= 15 is 0 Å². The second-order valence-corrected chi connectivity index (χ2v) is 9.06. The maximum absolute atomic E-state index is 12.7. The highest BCUT2D eigenvalue weighted by molar-refractivity contribution is 7.92. The number of ether oxygens (including phenoxy) is 2. The maximum atomic E-state index is 12.7. The van der Waals surface area contributed by atoms with E-state index in [9.17, 15) is 8.42 Å². The van der Waals surface area contributed by atoms with Crippen LogP contribution >= 0.6 is 11.6 Å². The Hall–Kier alpha value is -0.960. The van der Waals surface area contributed by atoms with Crippen molar-refractivity contribution < 1.29 is 17.9 Å². The van der Waals surface area contributed by atoms with Crippen LogP contribution in [0.1, 0.15) is 25.5 Å². The molecule has 0 bridgehead atoms. The molecule has 1 saturated carbocycles. The van der Waals surface area contributed by atoms with Gasteiger partial charge in [0.05, 0.1) is 37.3 Å². The summed E-state index contributed by atoms with van der Waals surface area (Å²) in [7, 11) is -1.86. The molecule has 0 amide bonds. The van der Waals surface area contributed by atoms with Crippen LogP contribution in [0.5, 0.6) is 0 Å². The first-order valence-electron chi connectivity index (χ1n) is 8.00. The summed E-state index contributed by atoms with van der Waals surface area (Å²) in [5.41, 5.74) is 0.493. The van der Waals surface area contributed by atoms with Crippen LogP contribution in [0.3, 0.4) is 0 Å². The van der Waals surface area contributed by atoms with Crippen LogP contribution in [-0.4, -0.2) is 63.7 Å². The zero-order valence-corrected chi connectivity index (χ0v) is 15.4. The molecule has 9 heteroatoms. The highest BCUT2D eigenvalue weighted by Crippen LogP contribution is 2.53. The number of aromatic nitrogens is 2. The Kier molecular flexibility index (Phi) is 5.01. The van der Waals surface area contributed by atoms with Crippen LogP contribution in [0.2, 0.25) is 5.28 Å². The minimum atomic E-state index is -3.36. The lowest BCUT2D eigenvalue weighted by Gasteiger charge is -2.34. The number of hydrogen-bond donors (Lipinski definition) is 0. The highest BCUT2D eigenvalue weighted by atomic mass is 35.5. The summed E-state index contributed by atoms with van der Waals surface area (Å²) in [5.74, 6) is 0.642. The molecule has 24 heavy (non-hydrogen) atoms. The predicted molar refractivity (Wildman–Crippen MR) is 91.2 cm³/mol. The molecular weight excluding hydrogens is 354 g/mol. The highest BCUT2D eigenvalue weighted by Gasteiger charge is 2.57. The Morgan fingerprint density at radius 1 is 1.46 bits per heavy atom. The molecule has 2 fully saturated rings. The van der Waals surface area contributed by atoms with Crippen LogP contribution < -0.4 is 4.90 Å². The molecule has 3 rings (SSSR count). The number of nitrogens with zero attached hydrogens (tertiary/aromatic N) is 3. The molecule has 2 heterocycles. The molecule has 0 aromatic carbocycles. The summed E-state index contributed by atoms with van der Waals surface area (Å²) in [6, 6.07) is 1.92. The minimum Gasteiger partial charge on any atom is -0.384 e. The molecule has 0 unspecified atom stereocenters. The fraction of sp³-hybridized carbons (Fsp3) is 0.733. The Balaban J connectivity index is 1.94. The molecular formula is C15H22ClN3O4S. The van der Waals surface area contributed by atoms with Crippen molar-refractivity contribution in [2.75, 3.05) is 44.1 Å². The Bertz CT molecular complexity index is 709. The molecule has 1 saturated heterocycles. The first-order valence-corrected chi connectivity index (χ1v) is 10.0. The van der Waals surface area contributed by atoms with Gasteiger partial charge in [0.25, 0.3) is 0 Å². The smallest absolute Gasteiger partial charge is 0.224 e. The van der Waals surface area contributed by atoms with E-state index in [2.05, 4.69) is 14.9 Å². The summed E-state index contributed by atoms with van der Waals surface area (Å²) in [6.45, 7) is 4.12. The SMILES string of the molecule is COCCS(=O)(=O)C1(c2cc(N3CCOC[C@@H]3C)nc(Cl)n2)CC1. The predicted octanol–water partition coefficient (Wildman–Crippen LogP) is 1.41. The zero-order chi connectivity index (χ0) is 17.4. The number of halogens is 1. The molecule has 1 aliphatic heterocycles. The lowest BCUT2D eigenvalue weighted by molar-refractivity contribution is 0.0985. The fourth-order valence-corrected chi connectivity index (χ4v) is 5.18. The molecule has 2 aliphatic rings. The third kappa shape index (κ3) is 3.24. The van der Waals surface area contributed by atoms with Gasteiger partial charge in [-0.2, -0.15) is 0 Å². The third-order valence-electron chi connectivity index (χ3n) is 4.67. The molecule has 1 aliphatic carbocycles. The lowest BCUT2D eigenvalue weighted by atomic mass is 10.2. The van der Waals surface area contributed by atoms with Crippen molar-refractivity contribution in [2.24, 2.45) is 0 Å². The van der Waals surface area contributed by atoms with Gasteiger partial charge in [-0.25, -0.2) is 18.4 Å². The fourth-order valence-electron chi connectivity index (χ4n) is 3.08. The Morgan fingerprint density at radius 3 is 2.83 bits per heavy atom. The summed E-state index contributed by atoms with van der Waals surface area (Å²) in [4.78, 5) is 10.6. The van der Waals surface area contributed by atoms with Crippen LogP contribution in [0.4, 0.5) is 5.82 Å². The zero-order valence-electron chi connectivity index (χ0n) is 13.9. The molecule has 1 aromatic heterocycles. The second kappa shape index (κ2) is 6.74. The molecule has 1 aromatic rings. The average molecular weight is 376 g/mol. The number of methoxy groups -OCH3 is 1. The number of sulfone groups is 1. The number of morpholine rings is 1. The second-order valence-electron chi connectivity index (χ2n) is 6.30. The quantitative estimate of drug-likeness (QED) is 0.695. The standard InChI is InChI=1S/C15H22ClN3O4S/c1-11-10-23-6-5-19(11)13-9-12(17-14(16)18-13)15(3-4-15)24(20,21)8-7-22-2/h9,11H,3-8,10H2,1-2H3/t11-/m0/s1. The van der Waals surface area contributed by atoms with E-state index in [1.165, 1.54) is 7.11 Å². The molecule has 134 valence electrons. The van der Waals surface area contributed by atoms with Crippen molar-refractivity contribution in [1.82, 2.24) is 9.97 Å². The van der Waals surface area contributed by atoms with Crippen molar-refractivity contribution in [1.29, 1.82) is 0 Å². The van der Waals surface area contributed by atoms with E-state index in [1.54, 1.807) is 6.07 Å². The van der Waals surface area contributed by atoms with E-state index in [-0.39, 0.29) is 23.7 Å². The average Bonchev–Trinajstić information content (AvgIpc) is 3.35. The van der Waals surface area contributed by atoms with E-state index in [4.69, 9.17) is 21.1 Å². The van der Waals surface area contributed by atoms with E-state index < -0.39 is 14.6 Å². The molecule has 0 N–H and O–H groups in total. The summed E-state index contributed by atoms with van der Waals surface area (Å²) in [5, 5.41) is 0.0782. The normalized spacial score (nSPS) is 23.3. The maximum Gasteiger partial charge on any atom is 0.224 e. The first-order chi connectivity index (χ1) is 11.4. The van der Waals surface area contributed by atoms with Crippen molar-refractivity contribution in [2.45, 2.75) is 30.6 Å². The van der Waals surface area contributed by atoms with Gasteiger partial charge < -0.3 is 14.4 Å². The summed E-state index contributed by atoms with van der Waals surface area (Å²) in [6.07, 6.45) is 1.12. The molecule has 7 nitrogen and oxygen atoms in total. The van der Waals surface area contributed by atoms with Gasteiger partial charge in [-0.15, -0.1) is 0 Å². The van der Waals surface area contributed by atoms with Gasteiger partial charge in [-0.1, -0.05) is 0 Å². The monoisotopic (exact) mass is 375 g/mol. The van der Waals surface area contributed by atoms with E-state index in [0.717, 1.165) is 0 Å². The van der Waals surface area contributed by atoms with Gasteiger partial charge in [0, 0.05) is 19.7 Å². The summed E-state index contributed by atoms with van der Waals surface area (Å²) < 4.78 is 34.9. The lowest BCUT2D eigenvalue weighted by Crippen LogP contribution is -2.44. The van der Waals surface area contributed by atoms with Gasteiger partial charge in [0.15, 0.2) is 9.84 Å². The van der Waals surface area contributed by atoms with Crippen molar-refractivity contribution >= 4 is 27.3 Å². The van der Waals surface area contributed by atoms with E-state index in [1.807, 2.05) is 6.92 Å². The summed E-state index contributed by atoms with van der Waals surface area (Å²) >= 11 is 6.11. The van der Waals surface area contributed by atoms with Crippen LogP contribution in [0, 0.1) is 0 Å². The molecule has 0 radical (unpaired) electrons. The van der Waals surface area contributed by atoms with E-state index in [0.29, 0.717) is 44.1 Å². The van der Waals surface area contributed by atoms with Gasteiger partial charge in [-0.3, -0.25) is 0 Å².